The summed E-state index contributed by atoms with van der Waals surface area (Å²) in [5.41, 5.74) is 3.75. The Kier molecular flexibility index (Phi) is 6.19. The monoisotopic (exact) mass is 358 g/mol. The summed E-state index contributed by atoms with van der Waals surface area (Å²) in [5.74, 6) is 0.711. The fourth-order valence-electron chi connectivity index (χ4n) is 2.88. The summed E-state index contributed by atoms with van der Waals surface area (Å²) < 4.78 is 5.88. The number of hydrogen-bond acceptors (Lipinski definition) is 4. The van der Waals surface area contributed by atoms with Crippen molar-refractivity contribution in [2.24, 2.45) is 0 Å². The van der Waals surface area contributed by atoms with Crippen molar-refractivity contribution in [3.8, 4) is 22.9 Å². The van der Waals surface area contributed by atoms with Gasteiger partial charge in [-0.25, -0.2) is 0 Å². The molecule has 0 saturated heterocycles. The molecule has 0 spiro atoms. The van der Waals surface area contributed by atoms with Gasteiger partial charge in [-0.15, -0.1) is 0 Å². The van der Waals surface area contributed by atoms with Gasteiger partial charge in [-0.2, -0.15) is 5.26 Å². The number of aliphatic hydroxyl groups is 1. The highest BCUT2D eigenvalue weighted by Crippen LogP contribution is 2.24. The highest BCUT2D eigenvalue weighted by molar-refractivity contribution is 5.65. The van der Waals surface area contributed by atoms with Crippen LogP contribution in [0.25, 0.3) is 11.1 Å². The van der Waals surface area contributed by atoms with E-state index in [0.29, 0.717) is 17.7 Å². The summed E-state index contributed by atoms with van der Waals surface area (Å²) in [5, 5.41) is 19.4. The van der Waals surface area contributed by atoms with Crippen LogP contribution in [0.2, 0.25) is 0 Å². The molecule has 0 fully saturated rings. The summed E-state index contributed by atoms with van der Waals surface area (Å²) in [6.45, 7) is 1.87. The Morgan fingerprint density at radius 1 is 1.07 bits per heavy atom. The average molecular weight is 358 g/mol. The molecule has 0 bridgehead atoms. The predicted octanol–water partition coefficient (Wildman–Crippen LogP) is 4.38. The minimum atomic E-state index is -0.558. The largest absolute Gasteiger partial charge is 0.488 e. The third kappa shape index (κ3) is 5.16. The molecule has 0 aliphatic heterocycles. The number of aryl methyl sites for hydroxylation is 1. The molecule has 136 valence electrons. The molecule has 1 N–H and O–H groups in total. The average Bonchev–Trinajstić information content (AvgIpc) is 2.73. The molecule has 3 aromatic rings. The minimum Gasteiger partial charge on any atom is -0.488 e. The Bertz CT molecular complexity index is 902. The number of nitriles is 1. The molecule has 2 aromatic carbocycles. The zero-order valence-electron chi connectivity index (χ0n) is 15.2. The third-order valence-electron chi connectivity index (χ3n) is 4.49. The van der Waals surface area contributed by atoms with E-state index in [9.17, 15) is 5.11 Å². The quantitative estimate of drug-likeness (QED) is 0.680. The lowest BCUT2D eigenvalue weighted by molar-refractivity contribution is 0.0420. The van der Waals surface area contributed by atoms with Crippen LogP contribution in [0.1, 0.15) is 24.5 Å². The third-order valence-corrected chi connectivity index (χ3v) is 4.49. The first-order valence-electron chi connectivity index (χ1n) is 9.00. The lowest BCUT2D eigenvalue weighted by Crippen LogP contribution is -2.29. The molecule has 0 radical (unpaired) electrons. The molecule has 4 heteroatoms. The number of hydrogen-bond donors (Lipinski definition) is 1. The Morgan fingerprint density at radius 2 is 1.89 bits per heavy atom. The maximum absolute atomic E-state index is 10.4. The normalized spacial score (nSPS) is 12.8. The minimum absolute atomic E-state index is 0.311. The van der Waals surface area contributed by atoms with Crippen molar-refractivity contribution in [2.45, 2.75) is 32.0 Å². The van der Waals surface area contributed by atoms with Gasteiger partial charge in [-0.1, -0.05) is 30.3 Å². The second-order valence-corrected chi connectivity index (χ2v) is 6.51. The van der Waals surface area contributed by atoms with Gasteiger partial charge in [0.05, 0.1) is 17.7 Å². The van der Waals surface area contributed by atoms with Crippen LogP contribution >= 0.6 is 0 Å². The number of rotatable bonds is 7. The fraction of sp³-hybridized carbons (Fsp3) is 0.217. The summed E-state index contributed by atoms with van der Waals surface area (Å²) in [7, 11) is 0. The maximum Gasteiger partial charge on any atom is 0.122 e. The first kappa shape index (κ1) is 18.6. The molecule has 2 atom stereocenters. The van der Waals surface area contributed by atoms with E-state index in [1.54, 1.807) is 12.3 Å². The lowest BCUT2D eigenvalue weighted by Gasteiger charge is -2.20. The predicted molar refractivity (Wildman–Crippen MR) is 105 cm³/mol. The molecule has 1 unspecified atom stereocenters. The number of aromatic nitrogens is 1. The van der Waals surface area contributed by atoms with Gasteiger partial charge in [-0.05, 0) is 66.8 Å². The second kappa shape index (κ2) is 8.98. The molecule has 1 aromatic heterocycles. The molecule has 0 saturated carbocycles. The van der Waals surface area contributed by atoms with Gasteiger partial charge < -0.3 is 9.84 Å². The molecule has 4 nitrogen and oxygen atoms in total. The molecular formula is C23H22N2O2. The lowest BCUT2D eigenvalue weighted by atomic mass is 10.0. The van der Waals surface area contributed by atoms with Crippen molar-refractivity contribution in [3.05, 3.63) is 84.2 Å². The van der Waals surface area contributed by atoms with E-state index in [2.05, 4.69) is 11.1 Å². The van der Waals surface area contributed by atoms with Crippen LogP contribution in [0.15, 0.2) is 73.1 Å². The molecule has 0 aliphatic carbocycles. The molecule has 1 heterocycles. The molecule has 27 heavy (non-hydrogen) atoms. The number of nitrogens with zero attached hydrogens (tertiary/aromatic N) is 2. The first-order valence-corrected chi connectivity index (χ1v) is 9.00. The number of aliphatic hydroxyl groups excluding tert-OH is 1. The van der Waals surface area contributed by atoms with Gasteiger partial charge >= 0.3 is 0 Å². The van der Waals surface area contributed by atoms with E-state index in [-0.39, 0.29) is 6.10 Å². The smallest absolute Gasteiger partial charge is 0.122 e. The van der Waals surface area contributed by atoms with Crippen molar-refractivity contribution in [3.63, 3.8) is 0 Å². The zero-order valence-corrected chi connectivity index (χ0v) is 15.2. The van der Waals surface area contributed by atoms with Crippen LogP contribution < -0.4 is 4.74 Å². The maximum atomic E-state index is 10.4. The van der Waals surface area contributed by atoms with Crippen molar-refractivity contribution in [1.29, 1.82) is 5.26 Å². The van der Waals surface area contributed by atoms with E-state index in [1.165, 1.54) is 0 Å². The number of benzene rings is 2. The molecule has 0 amide bonds. The van der Waals surface area contributed by atoms with E-state index in [0.717, 1.165) is 23.1 Å². The Morgan fingerprint density at radius 3 is 2.59 bits per heavy atom. The standard InChI is InChI=1S/C23H22N2O2/c1-17(23(26)12-7-18-5-3-13-25-16-18)27-22-10-8-20(9-11-22)21-6-2-4-19(14-21)15-24/h2-6,8-11,13-14,16-17,23,26H,7,12H2,1H3/t17-,23?/m0/s1. The van der Waals surface area contributed by atoms with Gasteiger partial charge in [0.1, 0.15) is 11.9 Å². The highest BCUT2D eigenvalue weighted by atomic mass is 16.5. The van der Waals surface area contributed by atoms with Gasteiger partial charge in [0.15, 0.2) is 0 Å². The zero-order chi connectivity index (χ0) is 19.1. The van der Waals surface area contributed by atoms with Crippen LogP contribution in [0.4, 0.5) is 0 Å². The summed E-state index contributed by atoms with van der Waals surface area (Å²) in [6, 6.07) is 21.2. The summed E-state index contributed by atoms with van der Waals surface area (Å²) in [6.07, 6.45) is 4.07. The van der Waals surface area contributed by atoms with Crippen LogP contribution in [0.5, 0.6) is 5.75 Å². The van der Waals surface area contributed by atoms with Crippen molar-refractivity contribution >= 4 is 0 Å². The Labute approximate surface area is 159 Å². The number of pyridine rings is 1. The van der Waals surface area contributed by atoms with E-state index < -0.39 is 6.10 Å². The second-order valence-electron chi connectivity index (χ2n) is 6.51. The molecule has 3 rings (SSSR count). The van der Waals surface area contributed by atoms with Crippen molar-refractivity contribution < 1.29 is 9.84 Å². The van der Waals surface area contributed by atoms with Crippen LogP contribution in [0, 0.1) is 11.3 Å². The van der Waals surface area contributed by atoms with Gasteiger partial charge in [-0.3, -0.25) is 4.98 Å². The Balaban J connectivity index is 1.57. The molecule has 0 aliphatic rings. The fourth-order valence-corrected chi connectivity index (χ4v) is 2.88. The van der Waals surface area contributed by atoms with Crippen molar-refractivity contribution in [1.82, 2.24) is 4.98 Å². The van der Waals surface area contributed by atoms with Gasteiger partial charge in [0, 0.05) is 12.4 Å². The van der Waals surface area contributed by atoms with Crippen molar-refractivity contribution in [2.75, 3.05) is 0 Å². The summed E-state index contributed by atoms with van der Waals surface area (Å²) in [4.78, 5) is 4.09. The SMILES string of the molecule is C[C@H](Oc1ccc(-c2cccc(C#N)c2)cc1)C(O)CCc1cccnc1. The highest BCUT2D eigenvalue weighted by Gasteiger charge is 2.16. The van der Waals surface area contributed by atoms with E-state index >= 15 is 0 Å². The summed E-state index contributed by atoms with van der Waals surface area (Å²) >= 11 is 0. The van der Waals surface area contributed by atoms with Gasteiger partial charge in [0.2, 0.25) is 0 Å². The number of ether oxygens (including phenoxy) is 1. The van der Waals surface area contributed by atoms with Crippen LogP contribution in [-0.4, -0.2) is 22.3 Å². The van der Waals surface area contributed by atoms with E-state index in [1.807, 2.05) is 67.7 Å². The van der Waals surface area contributed by atoms with E-state index in [4.69, 9.17) is 10.00 Å². The topological polar surface area (TPSA) is 66.1 Å². The van der Waals surface area contributed by atoms with Crippen LogP contribution in [-0.2, 0) is 6.42 Å². The molecular weight excluding hydrogens is 336 g/mol. The Hall–Kier alpha value is -3.16. The van der Waals surface area contributed by atoms with Gasteiger partial charge in [0.25, 0.3) is 0 Å². The van der Waals surface area contributed by atoms with Crippen LogP contribution in [0.3, 0.4) is 0 Å². The first-order chi connectivity index (χ1) is 13.2.